The molecule has 11 heteroatoms. The van der Waals surface area contributed by atoms with Crippen LogP contribution in [0, 0.1) is 10.1 Å². The molecular formula is C19H15F3N4O4. The van der Waals surface area contributed by atoms with Gasteiger partial charge in [-0.15, -0.1) is 0 Å². The number of rotatable bonds is 3. The predicted octanol–water partition coefficient (Wildman–Crippen LogP) is 3.44. The topological polar surface area (TPSA) is 92.7 Å². The van der Waals surface area contributed by atoms with Crippen LogP contribution in [0.3, 0.4) is 0 Å². The second kappa shape index (κ2) is 7.32. The number of hydrogen-bond acceptors (Lipinski definition) is 7. The van der Waals surface area contributed by atoms with Crippen molar-refractivity contribution in [3.8, 4) is 0 Å². The summed E-state index contributed by atoms with van der Waals surface area (Å²) in [7, 11) is 0. The number of hydrogen-bond donors (Lipinski definition) is 0. The number of halogens is 3. The zero-order valence-electron chi connectivity index (χ0n) is 15.4. The van der Waals surface area contributed by atoms with Crippen LogP contribution in [-0.4, -0.2) is 36.1 Å². The van der Waals surface area contributed by atoms with Crippen molar-refractivity contribution < 1.29 is 22.5 Å². The number of non-ortho nitro benzene ring substituents is 1. The van der Waals surface area contributed by atoms with E-state index >= 15 is 0 Å². The van der Waals surface area contributed by atoms with Gasteiger partial charge in [-0.2, -0.15) is 18.2 Å². The van der Waals surface area contributed by atoms with E-state index in [1.165, 1.54) is 0 Å². The molecule has 0 spiro atoms. The Balaban J connectivity index is 1.69. The second-order valence-electron chi connectivity index (χ2n) is 6.74. The van der Waals surface area contributed by atoms with Crippen molar-refractivity contribution in [1.82, 2.24) is 4.98 Å². The van der Waals surface area contributed by atoms with Crippen molar-refractivity contribution in [3.05, 3.63) is 68.5 Å². The van der Waals surface area contributed by atoms with Crippen molar-refractivity contribution in [3.63, 3.8) is 0 Å². The molecule has 0 amide bonds. The van der Waals surface area contributed by atoms with Gasteiger partial charge in [0.2, 0.25) is 5.58 Å². The fourth-order valence-electron chi connectivity index (χ4n) is 3.37. The highest BCUT2D eigenvalue weighted by Crippen LogP contribution is 2.36. The summed E-state index contributed by atoms with van der Waals surface area (Å²) in [4.78, 5) is 30.2. The number of anilines is 2. The Morgan fingerprint density at radius 1 is 1.03 bits per heavy atom. The Kier molecular flexibility index (Phi) is 4.80. The summed E-state index contributed by atoms with van der Waals surface area (Å²) < 4.78 is 44.6. The third-order valence-electron chi connectivity index (χ3n) is 4.89. The van der Waals surface area contributed by atoms with Crippen LogP contribution >= 0.6 is 0 Å². The molecule has 0 atom stereocenters. The summed E-state index contributed by atoms with van der Waals surface area (Å²) in [5.41, 5.74) is -2.73. The molecule has 1 aliphatic rings. The molecular weight excluding hydrogens is 405 g/mol. The molecule has 4 rings (SSSR count). The van der Waals surface area contributed by atoms with E-state index in [2.05, 4.69) is 9.88 Å². The molecule has 0 bridgehead atoms. The first-order valence-electron chi connectivity index (χ1n) is 8.99. The molecule has 8 nitrogen and oxygen atoms in total. The lowest BCUT2D eigenvalue weighted by Crippen LogP contribution is -2.47. The number of nitro benzene ring substituents is 1. The van der Waals surface area contributed by atoms with Gasteiger partial charge in [0.1, 0.15) is 0 Å². The fourth-order valence-corrected chi connectivity index (χ4v) is 3.37. The maximum absolute atomic E-state index is 13.0. The van der Waals surface area contributed by atoms with Gasteiger partial charge in [0.05, 0.1) is 15.9 Å². The van der Waals surface area contributed by atoms with Crippen LogP contribution in [0.15, 0.2) is 51.7 Å². The Morgan fingerprint density at radius 2 is 1.67 bits per heavy atom. The van der Waals surface area contributed by atoms with Crippen LogP contribution in [0.25, 0.3) is 11.0 Å². The molecule has 1 saturated heterocycles. The van der Waals surface area contributed by atoms with Crippen molar-refractivity contribution in [2.75, 3.05) is 36.0 Å². The molecule has 3 aromatic rings. The third kappa shape index (κ3) is 3.65. The van der Waals surface area contributed by atoms with Gasteiger partial charge < -0.3 is 14.2 Å². The van der Waals surface area contributed by atoms with Crippen LogP contribution < -0.4 is 15.4 Å². The lowest BCUT2D eigenvalue weighted by molar-refractivity contribution is -0.383. The molecule has 0 saturated carbocycles. The number of benzene rings is 2. The number of para-hydroxylation sites is 1. The van der Waals surface area contributed by atoms with E-state index < -0.39 is 38.9 Å². The van der Waals surface area contributed by atoms with Crippen LogP contribution in [0.1, 0.15) is 5.56 Å². The van der Waals surface area contributed by atoms with E-state index in [9.17, 15) is 28.1 Å². The van der Waals surface area contributed by atoms with Gasteiger partial charge in [-0.3, -0.25) is 14.9 Å². The van der Waals surface area contributed by atoms with Crippen LogP contribution in [0.2, 0.25) is 0 Å². The van der Waals surface area contributed by atoms with Crippen LogP contribution in [0.5, 0.6) is 0 Å². The number of fused-ring (bicyclic) bond motifs is 1. The van der Waals surface area contributed by atoms with Gasteiger partial charge in [-0.05, 0) is 18.2 Å². The van der Waals surface area contributed by atoms with E-state index in [-0.39, 0.29) is 6.01 Å². The quantitative estimate of drug-likeness (QED) is 0.473. The lowest BCUT2D eigenvalue weighted by Gasteiger charge is -2.35. The average Bonchev–Trinajstić information content (AvgIpc) is 2.73. The first kappa shape index (κ1) is 19.7. The van der Waals surface area contributed by atoms with Crippen LogP contribution in [0.4, 0.5) is 30.6 Å². The predicted molar refractivity (Wildman–Crippen MR) is 103 cm³/mol. The first-order valence-corrected chi connectivity index (χ1v) is 8.99. The van der Waals surface area contributed by atoms with Crippen LogP contribution in [-0.2, 0) is 6.18 Å². The molecule has 2 aromatic carbocycles. The summed E-state index contributed by atoms with van der Waals surface area (Å²) >= 11 is 0. The summed E-state index contributed by atoms with van der Waals surface area (Å²) in [6, 6.07) is 10.4. The molecule has 1 aliphatic heterocycles. The van der Waals surface area contributed by atoms with Crippen molar-refractivity contribution >= 4 is 28.4 Å². The number of aromatic nitrogens is 1. The average molecular weight is 420 g/mol. The third-order valence-corrected chi connectivity index (χ3v) is 4.89. The Hall–Kier alpha value is -3.63. The largest absolute Gasteiger partial charge is 0.417 e. The highest BCUT2D eigenvalue weighted by atomic mass is 19.4. The van der Waals surface area contributed by atoms with E-state index in [0.29, 0.717) is 38.3 Å². The molecule has 0 N–H and O–H groups in total. The van der Waals surface area contributed by atoms with Gasteiger partial charge in [0, 0.05) is 37.9 Å². The minimum absolute atomic E-state index is 0.150. The maximum atomic E-state index is 13.0. The van der Waals surface area contributed by atoms with Crippen molar-refractivity contribution in [2.45, 2.75) is 6.18 Å². The molecule has 1 fully saturated rings. The van der Waals surface area contributed by atoms with Gasteiger partial charge in [-0.1, -0.05) is 18.2 Å². The molecule has 0 unspecified atom stereocenters. The summed E-state index contributed by atoms with van der Waals surface area (Å²) in [5.74, 6) is 0. The smallest absolute Gasteiger partial charge is 0.416 e. The highest BCUT2D eigenvalue weighted by Gasteiger charge is 2.35. The zero-order chi connectivity index (χ0) is 21.5. The number of piperazine rings is 1. The standard InChI is InChI=1S/C19H15F3N4O4/c20-19(21,22)12-10-14-16(15(11-12)26(28)29)30-18(23-17(14)27)25-8-6-24(7-9-25)13-4-2-1-3-5-13/h1-5,10-11H,6-9H2. The molecule has 30 heavy (non-hydrogen) atoms. The summed E-state index contributed by atoms with van der Waals surface area (Å²) in [6.07, 6.45) is -4.85. The van der Waals surface area contributed by atoms with Gasteiger partial charge in [0.25, 0.3) is 5.56 Å². The minimum Gasteiger partial charge on any atom is -0.417 e. The van der Waals surface area contributed by atoms with Crippen molar-refractivity contribution in [1.29, 1.82) is 0 Å². The molecule has 0 radical (unpaired) electrons. The second-order valence-corrected chi connectivity index (χ2v) is 6.74. The maximum Gasteiger partial charge on any atom is 0.416 e. The Bertz CT molecular complexity index is 1160. The summed E-state index contributed by atoms with van der Waals surface area (Å²) in [5, 5.41) is 10.7. The van der Waals surface area contributed by atoms with Crippen molar-refractivity contribution in [2.24, 2.45) is 0 Å². The molecule has 0 aliphatic carbocycles. The number of nitro groups is 1. The normalized spacial score (nSPS) is 14.9. The Labute approximate surface area is 167 Å². The first-order chi connectivity index (χ1) is 14.2. The van der Waals surface area contributed by atoms with E-state index in [4.69, 9.17) is 4.42 Å². The van der Waals surface area contributed by atoms with E-state index in [1.54, 1.807) is 4.90 Å². The highest BCUT2D eigenvalue weighted by molar-refractivity contribution is 5.86. The molecule has 2 heterocycles. The molecule has 156 valence electrons. The van der Waals surface area contributed by atoms with Gasteiger partial charge >= 0.3 is 17.9 Å². The number of nitrogens with zero attached hydrogens (tertiary/aromatic N) is 4. The SMILES string of the molecule is O=c1nc(N2CCN(c3ccccc3)CC2)oc2c([N+](=O)[O-])cc(C(F)(F)F)cc12. The van der Waals surface area contributed by atoms with Gasteiger partial charge in [-0.25, -0.2) is 0 Å². The monoisotopic (exact) mass is 420 g/mol. The fraction of sp³-hybridized carbons (Fsp3) is 0.263. The minimum atomic E-state index is -4.85. The van der Waals surface area contributed by atoms with E-state index in [0.717, 1.165) is 5.69 Å². The summed E-state index contributed by atoms with van der Waals surface area (Å²) in [6.45, 7) is 2.01. The molecule has 1 aromatic heterocycles. The van der Waals surface area contributed by atoms with E-state index in [1.807, 2.05) is 30.3 Å². The Morgan fingerprint density at radius 3 is 2.27 bits per heavy atom. The lowest BCUT2D eigenvalue weighted by atomic mass is 10.1. The number of alkyl halides is 3. The zero-order valence-corrected chi connectivity index (χ0v) is 15.4. The van der Waals surface area contributed by atoms with Gasteiger partial charge in [0.15, 0.2) is 0 Å².